The minimum absolute atomic E-state index is 0.0362. The summed E-state index contributed by atoms with van der Waals surface area (Å²) in [5.74, 6) is -0.0362. The van der Waals surface area contributed by atoms with E-state index in [4.69, 9.17) is 5.73 Å². The van der Waals surface area contributed by atoms with Crippen molar-refractivity contribution >= 4 is 5.91 Å². The van der Waals surface area contributed by atoms with Crippen LogP contribution in [0.3, 0.4) is 0 Å². The van der Waals surface area contributed by atoms with Gasteiger partial charge in [0.05, 0.1) is 6.04 Å². The lowest BCUT2D eigenvalue weighted by atomic mass is 9.87. The molecule has 1 rings (SSSR count). The van der Waals surface area contributed by atoms with E-state index in [1.165, 1.54) is 0 Å². The quantitative estimate of drug-likeness (QED) is 0.696. The zero-order chi connectivity index (χ0) is 14.5. The Labute approximate surface area is 117 Å². The fourth-order valence-corrected chi connectivity index (χ4v) is 2.09. The zero-order valence-corrected chi connectivity index (χ0v) is 12.9. The molecule has 0 radical (unpaired) electrons. The maximum absolute atomic E-state index is 11.8. The molecule has 1 fully saturated rings. The number of hydrogen-bond donors (Lipinski definition) is 2. The molecular formula is C14H30N4O. The summed E-state index contributed by atoms with van der Waals surface area (Å²) in [5.41, 5.74) is 5.73. The lowest BCUT2D eigenvalue weighted by Crippen LogP contribution is -2.49. The number of nitrogens with one attached hydrogen (secondary N) is 1. The third-order valence-electron chi connectivity index (χ3n) is 3.76. The molecule has 112 valence electrons. The number of nitrogens with zero attached hydrogens (tertiary/aromatic N) is 2. The van der Waals surface area contributed by atoms with Crippen molar-refractivity contribution in [3.63, 3.8) is 0 Å². The molecule has 0 spiro atoms. The van der Waals surface area contributed by atoms with Crippen LogP contribution < -0.4 is 11.1 Å². The van der Waals surface area contributed by atoms with Gasteiger partial charge in [0.2, 0.25) is 5.91 Å². The van der Waals surface area contributed by atoms with Gasteiger partial charge < -0.3 is 20.9 Å². The van der Waals surface area contributed by atoms with Crippen LogP contribution in [0.5, 0.6) is 0 Å². The number of rotatable bonds is 5. The van der Waals surface area contributed by atoms with E-state index in [2.05, 4.69) is 22.2 Å². The van der Waals surface area contributed by atoms with Crippen LogP contribution in [0, 0.1) is 5.41 Å². The molecule has 0 aromatic rings. The first-order valence-corrected chi connectivity index (χ1v) is 7.25. The van der Waals surface area contributed by atoms with Crippen LogP contribution >= 0.6 is 0 Å². The molecule has 1 aliphatic heterocycles. The van der Waals surface area contributed by atoms with E-state index in [0.29, 0.717) is 0 Å². The molecule has 1 unspecified atom stereocenters. The van der Waals surface area contributed by atoms with Gasteiger partial charge in [0.25, 0.3) is 0 Å². The highest BCUT2D eigenvalue weighted by atomic mass is 16.2. The molecule has 3 N–H and O–H groups in total. The van der Waals surface area contributed by atoms with Gasteiger partial charge in [-0.15, -0.1) is 0 Å². The molecule has 0 aromatic heterocycles. The van der Waals surface area contributed by atoms with E-state index < -0.39 is 6.04 Å². The maximum Gasteiger partial charge on any atom is 0.237 e. The van der Waals surface area contributed by atoms with Gasteiger partial charge in [0, 0.05) is 32.7 Å². The summed E-state index contributed by atoms with van der Waals surface area (Å²) in [5, 5.41) is 2.94. The first-order valence-electron chi connectivity index (χ1n) is 7.25. The second-order valence-electron chi connectivity index (χ2n) is 6.63. The highest BCUT2D eigenvalue weighted by Crippen LogP contribution is 2.17. The molecule has 0 aromatic carbocycles. The van der Waals surface area contributed by atoms with Gasteiger partial charge in [-0.05, 0) is 25.4 Å². The van der Waals surface area contributed by atoms with E-state index in [1.54, 1.807) is 0 Å². The normalized spacial score (nSPS) is 20.3. The van der Waals surface area contributed by atoms with Crippen molar-refractivity contribution in [1.82, 2.24) is 15.1 Å². The topological polar surface area (TPSA) is 61.6 Å². The summed E-state index contributed by atoms with van der Waals surface area (Å²) in [6.45, 7) is 12.3. The Morgan fingerprint density at radius 3 is 2.37 bits per heavy atom. The average Bonchev–Trinajstić information content (AvgIpc) is 2.34. The Bertz CT molecular complexity index is 280. The summed E-state index contributed by atoms with van der Waals surface area (Å²) < 4.78 is 0. The Morgan fingerprint density at radius 2 is 1.84 bits per heavy atom. The monoisotopic (exact) mass is 270 g/mol. The molecule has 19 heavy (non-hydrogen) atoms. The maximum atomic E-state index is 11.8. The third-order valence-corrected chi connectivity index (χ3v) is 3.76. The highest BCUT2D eigenvalue weighted by molar-refractivity contribution is 5.82. The van der Waals surface area contributed by atoms with Crippen molar-refractivity contribution in [3.05, 3.63) is 0 Å². The second kappa shape index (κ2) is 7.22. The van der Waals surface area contributed by atoms with E-state index in [9.17, 15) is 4.79 Å². The van der Waals surface area contributed by atoms with E-state index >= 15 is 0 Å². The first kappa shape index (κ1) is 16.4. The van der Waals surface area contributed by atoms with Crippen molar-refractivity contribution in [2.75, 3.05) is 46.3 Å². The van der Waals surface area contributed by atoms with Crippen molar-refractivity contribution in [1.29, 1.82) is 0 Å². The molecule has 0 aliphatic carbocycles. The van der Waals surface area contributed by atoms with Gasteiger partial charge >= 0.3 is 0 Å². The molecule has 0 saturated carbocycles. The SMILES string of the molecule is CN1CCN(CCCNC(=O)C(N)C(C)(C)C)CC1. The summed E-state index contributed by atoms with van der Waals surface area (Å²) >= 11 is 0. The number of amides is 1. The fraction of sp³-hybridized carbons (Fsp3) is 0.929. The molecule has 1 aliphatic rings. The Morgan fingerprint density at radius 1 is 1.26 bits per heavy atom. The van der Waals surface area contributed by atoms with Crippen LogP contribution in [0.4, 0.5) is 0 Å². The molecule has 5 heteroatoms. The third kappa shape index (κ3) is 5.89. The number of piperazine rings is 1. The molecule has 1 amide bonds. The van der Waals surface area contributed by atoms with Crippen molar-refractivity contribution in [2.45, 2.75) is 33.2 Å². The van der Waals surface area contributed by atoms with Gasteiger partial charge in [-0.1, -0.05) is 20.8 Å². The predicted molar refractivity (Wildman–Crippen MR) is 79.0 cm³/mol. The zero-order valence-electron chi connectivity index (χ0n) is 12.9. The Hall–Kier alpha value is -0.650. The average molecular weight is 270 g/mol. The molecule has 5 nitrogen and oxygen atoms in total. The molecular weight excluding hydrogens is 240 g/mol. The van der Waals surface area contributed by atoms with Crippen LogP contribution in [0.1, 0.15) is 27.2 Å². The summed E-state index contributed by atoms with van der Waals surface area (Å²) in [6, 6.07) is -0.434. The smallest absolute Gasteiger partial charge is 0.237 e. The highest BCUT2D eigenvalue weighted by Gasteiger charge is 2.26. The predicted octanol–water partition coefficient (Wildman–Crippen LogP) is 0.114. The summed E-state index contributed by atoms with van der Waals surface area (Å²) in [4.78, 5) is 16.6. The first-order chi connectivity index (χ1) is 8.80. The minimum Gasteiger partial charge on any atom is -0.355 e. The Balaban J connectivity index is 2.12. The van der Waals surface area contributed by atoms with E-state index in [1.807, 2.05) is 20.8 Å². The van der Waals surface area contributed by atoms with Crippen LogP contribution in [-0.4, -0.2) is 68.1 Å². The Kier molecular flexibility index (Phi) is 6.23. The van der Waals surface area contributed by atoms with Crippen LogP contribution in [0.15, 0.2) is 0 Å². The number of likely N-dealkylation sites (N-methyl/N-ethyl adjacent to an activating group) is 1. The van der Waals surface area contributed by atoms with Crippen LogP contribution in [0.2, 0.25) is 0 Å². The van der Waals surface area contributed by atoms with Crippen molar-refractivity contribution in [2.24, 2.45) is 11.1 Å². The minimum atomic E-state index is -0.434. The molecule has 1 heterocycles. The molecule has 1 atom stereocenters. The van der Waals surface area contributed by atoms with Crippen LogP contribution in [-0.2, 0) is 4.79 Å². The summed E-state index contributed by atoms with van der Waals surface area (Å²) in [7, 11) is 2.16. The van der Waals surface area contributed by atoms with Gasteiger partial charge in [-0.2, -0.15) is 0 Å². The summed E-state index contributed by atoms with van der Waals surface area (Å²) in [6.07, 6.45) is 0.992. The lowest BCUT2D eigenvalue weighted by Gasteiger charge is -2.32. The number of carbonyl (C=O) groups excluding carboxylic acids is 1. The van der Waals surface area contributed by atoms with E-state index in [0.717, 1.165) is 45.7 Å². The van der Waals surface area contributed by atoms with Gasteiger partial charge in [-0.25, -0.2) is 0 Å². The lowest BCUT2D eigenvalue weighted by molar-refractivity contribution is -0.124. The fourth-order valence-electron chi connectivity index (χ4n) is 2.09. The number of carbonyl (C=O) groups is 1. The van der Waals surface area contributed by atoms with Gasteiger partial charge in [0.1, 0.15) is 0 Å². The largest absolute Gasteiger partial charge is 0.355 e. The molecule has 1 saturated heterocycles. The number of nitrogens with two attached hydrogens (primary N) is 1. The second-order valence-corrected chi connectivity index (χ2v) is 6.63. The van der Waals surface area contributed by atoms with Crippen molar-refractivity contribution in [3.8, 4) is 0 Å². The van der Waals surface area contributed by atoms with Gasteiger partial charge in [0.15, 0.2) is 0 Å². The molecule has 0 bridgehead atoms. The van der Waals surface area contributed by atoms with Crippen LogP contribution in [0.25, 0.3) is 0 Å². The number of hydrogen-bond acceptors (Lipinski definition) is 4. The van der Waals surface area contributed by atoms with E-state index in [-0.39, 0.29) is 11.3 Å². The van der Waals surface area contributed by atoms with Crippen molar-refractivity contribution < 1.29 is 4.79 Å². The standard InChI is InChI=1S/C14H30N4O/c1-14(2,3)12(15)13(19)16-6-5-7-18-10-8-17(4)9-11-18/h12H,5-11,15H2,1-4H3,(H,16,19). The van der Waals surface area contributed by atoms with Gasteiger partial charge in [-0.3, -0.25) is 4.79 Å².